The molecule has 0 aliphatic heterocycles. The minimum atomic E-state index is -3.57. The molecule has 2 aromatic rings. The van der Waals surface area contributed by atoms with Crippen molar-refractivity contribution in [3.05, 3.63) is 71.3 Å². The first-order valence-corrected chi connectivity index (χ1v) is 9.16. The third-order valence-electron chi connectivity index (χ3n) is 3.43. The van der Waals surface area contributed by atoms with Crippen LogP contribution < -0.4 is 0 Å². The lowest BCUT2D eigenvalue weighted by Crippen LogP contribution is -2.10. The van der Waals surface area contributed by atoms with E-state index in [0.29, 0.717) is 24.0 Å². The maximum absolute atomic E-state index is 11.9. The van der Waals surface area contributed by atoms with Gasteiger partial charge in [0.05, 0.1) is 19.3 Å². The molecule has 5 nitrogen and oxygen atoms in total. The number of hydrogen-bond donors (Lipinski definition) is 0. The van der Waals surface area contributed by atoms with E-state index in [1.54, 1.807) is 36.4 Å². The Morgan fingerprint density at radius 1 is 0.958 bits per heavy atom. The Morgan fingerprint density at radius 2 is 1.62 bits per heavy atom. The standard InChI is InChI=1S/C18H20O5S/c1-22-18(19)17-11-9-15(10-12-17)8-5-13-23-24(20,21)14-16-6-3-2-4-7-16/h2-4,6-7,9-12H,5,8,13-14H2,1H3. The third-order valence-corrected chi connectivity index (χ3v) is 4.65. The molecule has 0 unspecified atom stereocenters. The molecule has 24 heavy (non-hydrogen) atoms. The zero-order valence-corrected chi connectivity index (χ0v) is 14.3. The highest BCUT2D eigenvalue weighted by Crippen LogP contribution is 2.10. The number of ether oxygens (including phenoxy) is 1. The normalized spacial score (nSPS) is 11.2. The number of carbonyl (C=O) groups is 1. The number of benzene rings is 2. The topological polar surface area (TPSA) is 69.7 Å². The van der Waals surface area contributed by atoms with Crippen LogP contribution in [0.5, 0.6) is 0 Å². The summed E-state index contributed by atoms with van der Waals surface area (Å²) in [6.45, 7) is 0.133. The lowest BCUT2D eigenvalue weighted by atomic mass is 10.1. The van der Waals surface area contributed by atoms with E-state index in [2.05, 4.69) is 4.74 Å². The zero-order valence-electron chi connectivity index (χ0n) is 13.5. The molecule has 0 heterocycles. The average molecular weight is 348 g/mol. The summed E-state index contributed by atoms with van der Waals surface area (Å²) in [6.07, 6.45) is 1.24. The highest BCUT2D eigenvalue weighted by molar-refractivity contribution is 7.85. The zero-order chi connectivity index (χ0) is 17.4. The molecule has 0 aromatic heterocycles. The van der Waals surface area contributed by atoms with Gasteiger partial charge in [-0.15, -0.1) is 0 Å². The second-order valence-corrected chi connectivity index (χ2v) is 6.94. The van der Waals surface area contributed by atoms with Crippen molar-refractivity contribution in [3.8, 4) is 0 Å². The molecule has 0 bridgehead atoms. The molecule has 0 saturated carbocycles. The van der Waals surface area contributed by atoms with Gasteiger partial charge in [-0.25, -0.2) is 4.79 Å². The van der Waals surface area contributed by atoms with Crippen LogP contribution in [0.15, 0.2) is 54.6 Å². The Labute approximate surface area is 142 Å². The van der Waals surface area contributed by atoms with Gasteiger partial charge in [-0.2, -0.15) is 8.42 Å². The first kappa shape index (κ1) is 18.2. The monoisotopic (exact) mass is 348 g/mol. The first-order chi connectivity index (χ1) is 11.5. The van der Waals surface area contributed by atoms with Crippen LogP contribution in [0.2, 0.25) is 0 Å². The Bertz CT molecular complexity index is 752. The van der Waals surface area contributed by atoms with Crippen molar-refractivity contribution in [2.45, 2.75) is 18.6 Å². The molecule has 6 heteroatoms. The summed E-state index contributed by atoms with van der Waals surface area (Å²) in [4.78, 5) is 11.3. The van der Waals surface area contributed by atoms with Crippen LogP contribution in [0.1, 0.15) is 27.9 Å². The average Bonchev–Trinajstić information content (AvgIpc) is 2.59. The van der Waals surface area contributed by atoms with Gasteiger partial charge in [-0.1, -0.05) is 42.5 Å². The molecule has 2 rings (SSSR count). The number of rotatable bonds is 8. The third kappa shape index (κ3) is 5.79. The molecular weight excluding hydrogens is 328 g/mol. The van der Waals surface area contributed by atoms with Gasteiger partial charge in [-0.3, -0.25) is 4.18 Å². The van der Waals surface area contributed by atoms with Gasteiger partial charge in [0.15, 0.2) is 0 Å². The molecule has 0 aliphatic rings. The van der Waals surface area contributed by atoms with Crippen molar-refractivity contribution in [1.29, 1.82) is 0 Å². The van der Waals surface area contributed by atoms with Gasteiger partial charge < -0.3 is 4.74 Å². The van der Waals surface area contributed by atoms with E-state index in [0.717, 1.165) is 5.56 Å². The highest BCUT2D eigenvalue weighted by Gasteiger charge is 2.12. The summed E-state index contributed by atoms with van der Waals surface area (Å²) < 4.78 is 33.4. The molecule has 0 N–H and O–H groups in total. The molecule has 128 valence electrons. The Balaban J connectivity index is 1.77. The number of carbonyl (C=O) groups excluding carboxylic acids is 1. The van der Waals surface area contributed by atoms with Gasteiger partial charge in [0.25, 0.3) is 10.1 Å². The van der Waals surface area contributed by atoms with Crippen molar-refractivity contribution in [2.75, 3.05) is 13.7 Å². The van der Waals surface area contributed by atoms with Gasteiger partial charge in [-0.05, 0) is 36.1 Å². The van der Waals surface area contributed by atoms with Crippen molar-refractivity contribution in [1.82, 2.24) is 0 Å². The summed E-state index contributed by atoms with van der Waals surface area (Å²) in [5, 5.41) is 0. The largest absolute Gasteiger partial charge is 0.465 e. The quantitative estimate of drug-likeness (QED) is 0.417. The lowest BCUT2D eigenvalue weighted by molar-refractivity contribution is 0.0600. The highest BCUT2D eigenvalue weighted by atomic mass is 32.2. The van der Waals surface area contributed by atoms with E-state index in [-0.39, 0.29) is 18.3 Å². The van der Waals surface area contributed by atoms with Crippen LogP contribution in [0.3, 0.4) is 0 Å². The van der Waals surface area contributed by atoms with E-state index in [1.165, 1.54) is 7.11 Å². The van der Waals surface area contributed by atoms with Crippen LogP contribution in [0.4, 0.5) is 0 Å². The predicted octanol–water partition coefficient (Wildman–Crippen LogP) is 2.95. The van der Waals surface area contributed by atoms with Crippen LogP contribution >= 0.6 is 0 Å². The van der Waals surface area contributed by atoms with Crippen LogP contribution in [0, 0.1) is 0 Å². The summed E-state index contributed by atoms with van der Waals surface area (Å²) in [6, 6.07) is 16.0. The molecule has 0 spiro atoms. The molecule has 0 saturated heterocycles. The van der Waals surface area contributed by atoms with E-state index >= 15 is 0 Å². The van der Waals surface area contributed by atoms with Gasteiger partial charge >= 0.3 is 5.97 Å². The van der Waals surface area contributed by atoms with Crippen molar-refractivity contribution < 1.29 is 22.1 Å². The summed E-state index contributed by atoms with van der Waals surface area (Å²) in [5.74, 6) is -0.501. The van der Waals surface area contributed by atoms with Crippen LogP contribution in [-0.2, 0) is 31.2 Å². The maximum Gasteiger partial charge on any atom is 0.337 e. The maximum atomic E-state index is 11.9. The molecule has 0 atom stereocenters. The molecular formula is C18H20O5S. The molecule has 0 amide bonds. The van der Waals surface area contributed by atoms with E-state index < -0.39 is 10.1 Å². The summed E-state index contributed by atoms with van der Waals surface area (Å²) >= 11 is 0. The summed E-state index contributed by atoms with van der Waals surface area (Å²) in [7, 11) is -2.23. The van der Waals surface area contributed by atoms with Gasteiger partial charge in [0.2, 0.25) is 0 Å². The summed E-state index contributed by atoms with van der Waals surface area (Å²) in [5.41, 5.74) is 2.20. The molecule has 0 aliphatic carbocycles. The SMILES string of the molecule is COC(=O)c1ccc(CCCOS(=O)(=O)Cc2ccccc2)cc1. The van der Waals surface area contributed by atoms with E-state index in [9.17, 15) is 13.2 Å². The van der Waals surface area contributed by atoms with Crippen LogP contribution in [-0.4, -0.2) is 28.1 Å². The van der Waals surface area contributed by atoms with Gasteiger partial charge in [0, 0.05) is 0 Å². The smallest absolute Gasteiger partial charge is 0.337 e. The number of hydrogen-bond acceptors (Lipinski definition) is 5. The second-order valence-electron chi connectivity index (χ2n) is 5.30. The number of methoxy groups -OCH3 is 1. The first-order valence-electron chi connectivity index (χ1n) is 7.58. The van der Waals surface area contributed by atoms with E-state index in [4.69, 9.17) is 4.18 Å². The lowest BCUT2D eigenvalue weighted by Gasteiger charge is -2.06. The minimum Gasteiger partial charge on any atom is -0.465 e. The Kier molecular flexibility index (Phi) is 6.52. The molecule has 2 aromatic carbocycles. The minimum absolute atomic E-state index is 0.123. The van der Waals surface area contributed by atoms with Crippen molar-refractivity contribution in [2.24, 2.45) is 0 Å². The van der Waals surface area contributed by atoms with Crippen molar-refractivity contribution in [3.63, 3.8) is 0 Å². The fourth-order valence-corrected chi connectivity index (χ4v) is 3.26. The number of esters is 1. The van der Waals surface area contributed by atoms with Crippen molar-refractivity contribution >= 4 is 16.1 Å². The fourth-order valence-electron chi connectivity index (χ4n) is 2.21. The predicted molar refractivity (Wildman–Crippen MR) is 91.1 cm³/mol. The molecule has 0 fully saturated rings. The number of aryl methyl sites for hydroxylation is 1. The second kappa shape index (κ2) is 8.61. The van der Waals surface area contributed by atoms with Gasteiger partial charge in [0.1, 0.15) is 5.75 Å². The Morgan fingerprint density at radius 3 is 2.25 bits per heavy atom. The van der Waals surface area contributed by atoms with E-state index in [1.807, 2.05) is 18.2 Å². The molecule has 0 radical (unpaired) electrons. The van der Waals surface area contributed by atoms with Crippen LogP contribution in [0.25, 0.3) is 0 Å². The Hall–Kier alpha value is -2.18. The fraction of sp³-hybridized carbons (Fsp3) is 0.278.